The predicted molar refractivity (Wildman–Crippen MR) is 183 cm³/mol. The van der Waals surface area contributed by atoms with E-state index in [-0.39, 0.29) is 32.2 Å². The molecule has 2 saturated heterocycles. The molecule has 0 aliphatic carbocycles. The van der Waals surface area contributed by atoms with E-state index in [1.165, 1.54) is 29.2 Å². The minimum absolute atomic E-state index is 0.0897. The van der Waals surface area contributed by atoms with E-state index in [4.69, 9.17) is 14.5 Å². The highest BCUT2D eigenvalue weighted by molar-refractivity contribution is 5.92. The molecule has 2 fully saturated rings. The summed E-state index contributed by atoms with van der Waals surface area (Å²) in [4.78, 5) is 37.9. The Morgan fingerprint density at radius 1 is 0.960 bits per heavy atom. The summed E-state index contributed by atoms with van der Waals surface area (Å²) in [6.45, 7) is 6.01. The van der Waals surface area contributed by atoms with Crippen molar-refractivity contribution in [2.24, 2.45) is 0 Å². The maximum atomic E-state index is 15.0. The molecule has 262 valence electrons. The third-order valence-electron chi connectivity index (χ3n) is 9.44. The quantitative estimate of drug-likeness (QED) is 0.187. The van der Waals surface area contributed by atoms with E-state index in [0.717, 1.165) is 29.4 Å². The summed E-state index contributed by atoms with van der Waals surface area (Å²) >= 11 is 0. The smallest absolute Gasteiger partial charge is 0.410 e. The molecule has 2 amide bonds. The molecule has 0 saturated carbocycles. The summed E-state index contributed by atoms with van der Waals surface area (Å²) in [5, 5.41) is 0.760. The van der Waals surface area contributed by atoms with Gasteiger partial charge in [0.25, 0.3) is 0 Å². The number of fused-ring (bicyclic) bond motifs is 2. The van der Waals surface area contributed by atoms with Crippen LogP contribution < -0.4 is 0 Å². The van der Waals surface area contributed by atoms with Gasteiger partial charge in [0.2, 0.25) is 0 Å². The Labute approximate surface area is 288 Å². The second kappa shape index (κ2) is 13.4. The zero-order valence-electron chi connectivity index (χ0n) is 28.3. The minimum Gasteiger partial charge on any atom is -0.445 e. The number of carbonyl (C=O) groups excluding carboxylic acids is 2. The van der Waals surface area contributed by atoms with Crippen molar-refractivity contribution in [1.82, 2.24) is 24.3 Å². The van der Waals surface area contributed by atoms with Crippen LogP contribution in [0.4, 0.5) is 22.8 Å². The summed E-state index contributed by atoms with van der Waals surface area (Å²) in [5.74, 6) is -0.462. The second-order valence-electron chi connectivity index (χ2n) is 14.2. The van der Waals surface area contributed by atoms with Crippen molar-refractivity contribution >= 4 is 34.1 Å². The molecule has 0 spiro atoms. The molecule has 2 aliphatic heterocycles. The highest BCUT2D eigenvalue weighted by atomic mass is 19.1. The summed E-state index contributed by atoms with van der Waals surface area (Å²) in [6, 6.07) is 17.5. The van der Waals surface area contributed by atoms with Crippen molar-refractivity contribution in [3.8, 4) is 11.5 Å². The van der Waals surface area contributed by atoms with Crippen LogP contribution >= 0.6 is 0 Å². The topological polar surface area (TPSA) is 92.7 Å². The molecule has 0 radical (unpaired) electrons. The fraction of sp³-hybridized carbons (Fsp3) is 0.395. The van der Waals surface area contributed by atoms with Gasteiger partial charge in [0.05, 0.1) is 29.3 Å². The Balaban J connectivity index is 1.26. The number of aromatic nitrogens is 3. The average Bonchev–Trinajstić information content (AvgIpc) is 3.84. The molecule has 1 N–H and O–H groups in total. The number of halogens is 3. The highest BCUT2D eigenvalue weighted by Gasteiger charge is 2.39. The molecule has 4 heterocycles. The molecule has 12 heteroatoms. The van der Waals surface area contributed by atoms with Gasteiger partial charge in [0, 0.05) is 42.5 Å². The number of imidazole rings is 1. The SMILES string of the molecule is CC(C)(C)OC(=O)N1C[C@@H](F)C[C@H]1Cn1c(-c2[nH]c3cc(F)ccc3c2C[C@@H]2CCCN2C(=O)OCc2ccccc2)nc2cc(F)ccc21. The lowest BCUT2D eigenvalue weighted by Crippen LogP contribution is -2.41. The normalized spacial score (nSPS) is 19.5. The molecule has 2 aromatic heterocycles. The van der Waals surface area contributed by atoms with Gasteiger partial charge >= 0.3 is 12.2 Å². The average molecular weight is 688 g/mol. The fourth-order valence-electron chi connectivity index (χ4n) is 7.22. The van der Waals surface area contributed by atoms with Gasteiger partial charge < -0.3 is 28.8 Å². The lowest BCUT2D eigenvalue weighted by Gasteiger charge is -2.29. The zero-order chi connectivity index (χ0) is 35.2. The Kier molecular flexibility index (Phi) is 8.96. The Bertz CT molecular complexity index is 2040. The monoisotopic (exact) mass is 687 g/mol. The molecule has 2 aliphatic rings. The van der Waals surface area contributed by atoms with Crippen molar-refractivity contribution in [2.75, 3.05) is 13.1 Å². The van der Waals surface area contributed by atoms with Gasteiger partial charge in [-0.25, -0.2) is 27.7 Å². The van der Waals surface area contributed by atoms with E-state index < -0.39 is 41.6 Å². The second-order valence-corrected chi connectivity index (χ2v) is 14.2. The highest BCUT2D eigenvalue weighted by Crippen LogP contribution is 2.37. The number of amides is 2. The van der Waals surface area contributed by atoms with Crippen LogP contribution in [0.5, 0.6) is 0 Å². The Hall–Kier alpha value is -5.00. The molecular formula is C38H40F3N5O4. The number of H-pyrrole nitrogens is 1. The summed E-state index contributed by atoms with van der Waals surface area (Å²) in [6.07, 6.45) is -0.226. The first-order chi connectivity index (χ1) is 23.9. The molecule has 9 nitrogen and oxygen atoms in total. The van der Waals surface area contributed by atoms with Crippen LogP contribution in [0.3, 0.4) is 0 Å². The van der Waals surface area contributed by atoms with Gasteiger partial charge in [-0.05, 0) is 81.5 Å². The lowest BCUT2D eigenvalue weighted by atomic mass is 10.00. The van der Waals surface area contributed by atoms with Gasteiger partial charge in [0.15, 0.2) is 5.82 Å². The van der Waals surface area contributed by atoms with Crippen molar-refractivity contribution in [1.29, 1.82) is 0 Å². The fourth-order valence-corrected chi connectivity index (χ4v) is 7.22. The van der Waals surface area contributed by atoms with E-state index in [2.05, 4.69) is 4.98 Å². The van der Waals surface area contributed by atoms with Crippen molar-refractivity contribution in [2.45, 2.75) is 83.5 Å². The third kappa shape index (κ3) is 6.88. The first-order valence-electron chi connectivity index (χ1n) is 17.0. The molecular weight excluding hydrogens is 647 g/mol. The first-order valence-corrected chi connectivity index (χ1v) is 17.0. The van der Waals surface area contributed by atoms with Gasteiger partial charge in [-0.15, -0.1) is 0 Å². The lowest BCUT2D eigenvalue weighted by molar-refractivity contribution is 0.0207. The molecule has 7 rings (SSSR count). The van der Waals surface area contributed by atoms with E-state index in [1.807, 2.05) is 34.9 Å². The summed E-state index contributed by atoms with van der Waals surface area (Å²) in [7, 11) is 0. The van der Waals surface area contributed by atoms with Crippen molar-refractivity contribution in [3.63, 3.8) is 0 Å². The Morgan fingerprint density at radius 3 is 2.50 bits per heavy atom. The predicted octanol–water partition coefficient (Wildman–Crippen LogP) is 8.15. The summed E-state index contributed by atoms with van der Waals surface area (Å²) < 4.78 is 57.2. The third-order valence-corrected chi connectivity index (χ3v) is 9.44. The number of nitrogens with one attached hydrogen (secondary N) is 1. The Morgan fingerprint density at radius 2 is 1.72 bits per heavy atom. The van der Waals surface area contributed by atoms with Gasteiger partial charge in [-0.3, -0.25) is 0 Å². The van der Waals surface area contributed by atoms with Crippen molar-refractivity contribution < 1.29 is 32.2 Å². The van der Waals surface area contributed by atoms with Crippen LogP contribution in [-0.2, 0) is 29.0 Å². The number of likely N-dealkylation sites (tertiary alicyclic amines) is 2. The molecule has 5 aromatic rings. The van der Waals surface area contributed by atoms with E-state index in [9.17, 15) is 22.8 Å². The van der Waals surface area contributed by atoms with Crippen LogP contribution in [0.2, 0.25) is 0 Å². The van der Waals surface area contributed by atoms with E-state index in [0.29, 0.717) is 41.0 Å². The number of ether oxygens (including phenoxy) is 2. The number of aromatic amines is 1. The van der Waals surface area contributed by atoms with Crippen LogP contribution in [0.15, 0.2) is 66.7 Å². The number of hydrogen-bond acceptors (Lipinski definition) is 5. The van der Waals surface area contributed by atoms with Crippen LogP contribution in [-0.4, -0.2) is 73.5 Å². The van der Waals surface area contributed by atoms with Gasteiger partial charge in [0.1, 0.15) is 30.0 Å². The molecule has 3 atom stereocenters. The van der Waals surface area contributed by atoms with E-state index in [1.54, 1.807) is 37.8 Å². The maximum Gasteiger partial charge on any atom is 0.410 e. The van der Waals surface area contributed by atoms with Crippen LogP contribution in [0.1, 0.15) is 51.2 Å². The van der Waals surface area contributed by atoms with E-state index >= 15 is 0 Å². The van der Waals surface area contributed by atoms with Gasteiger partial charge in [-0.1, -0.05) is 30.3 Å². The molecule has 50 heavy (non-hydrogen) atoms. The number of alkyl halides is 1. The standard InChI is InChI=1S/C38H40F3N5O4/c1-38(2,3)50-37(48)45-20-26(41)16-28(45)21-46-33-14-12-25(40)18-32(33)43-35(46)34-30(29-13-11-24(39)17-31(29)42-34)19-27-10-7-15-44(27)36(47)49-22-23-8-5-4-6-9-23/h4-6,8-9,11-14,17-18,26-28,42H,7,10,15-16,19-22H2,1-3H3/t26-,27-,28-/m0/s1. The number of rotatable bonds is 7. The number of nitrogens with zero attached hydrogens (tertiary/aromatic N) is 4. The van der Waals surface area contributed by atoms with Gasteiger partial charge in [-0.2, -0.15) is 0 Å². The molecule has 0 bridgehead atoms. The van der Waals surface area contributed by atoms with Crippen LogP contribution in [0.25, 0.3) is 33.5 Å². The first kappa shape index (κ1) is 33.5. The molecule has 0 unspecified atom stereocenters. The number of benzene rings is 3. The zero-order valence-corrected chi connectivity index (χ0v) is 28.3. The number of carbonyl (C=O) groups is 2. The minimum atomic E-state index is -1.25. The largest absolute Gasteiger partial charge is 0.445 e. The van der Waals surface area contributed by atoms with Crippen molar-refractivity contribution in [3.05, 3.63) is 89.5 Å². The molecule has 3 aromatic carbocycles. The van der Waals surface area contributed by atoms with Crippen LogP contribution in [0, 0.1) is 11.6 Å². The number of hydrogen-bond donors (Lipinski definition) is 1. The maximum absolute atomic E-state index is 15.0. The summed E-state index contributed by atoms with van der Waals surface area (Å²) in [5.41, 5.74) is 3.01.